The Balaban J connectivity index is 2.27. The predicted molar refractivity (Wildman–Crippen MR) is 53.4 cm³/mol. The molecule has 2 N–H and O–H groups in total. The van der Waals surface area contributed by atoms with E-state index in [9.17, 15) is 8.78 Å². The van der Waals surface area contributed by atoms with E-state index in [2.05, 4.69) is 4.74 Å². The summed E-state index contributed by atoms with van der Waals surface area (Å²) in [6.45, 7) is -2.82. The van der Waals surface area contributed by atoms with Crippen molar-refractivity contribution in [3.05, 3.63) is 28.8 Å². The molecule has 1 fully saturated rings. The zero-order valence-corrected chi connectivity index (χ0v) is 8.55. The van der Waals surface area contributed by atoms with Gasteiger partial charge in [0.25, 0.3) is 0 Å². The molecule has 1 saturated carbocycles. The Labute approximate surface area is 91.0 Å². The first kappa shape index (κ1) is 10.6. The van der Waals surface area contributed by atoms with E-state index in [0.29, 0.717) is 10.6 Å². The molecule has 2 rings (SSSR count). The molecule has 1 aromatic rings. The smallest absolute Gasteiger partial charge is 0.387 e. The molecule has 0 saturated heterocycles. The molecule has 0 amide bonds. The molecule has 5 heteroatoms. The third-order valence-electron chi connectivity index (χ3n) is 2.43. The molecule has 2 nitrogen and oxygen atoms in total. The van der Waals surface area contributed by atoms with Crippen LogP contribution in [0.1, 0.15) is 17.9 Å². The third-order valence-corrected chi connectivity index (χ3v) is 2.66. The van der Waals surface area contributed by atoms with E-state index >= 15 is 0 Å². The fraction of sp³-hybridized carbons (Fsp3) is 0.400. The van der Waals surface area contributed by atoms with Gasteiger partial charge in [-0.1, -0.05) is 11.6 Å². The van der Waals surface area contributed by atoms with Gasteiger partial charge < -0.3 is 10.5 Å². The van der Waals surface area contributed by atoms with Crippen LogP contribution in [-0.2, 0) is 0 Å². The molecular weight excluding hydrogens is 224 g/mol. The minimum absolute atomic E-state index is 0.0310. The first-order chi connectivity index (χ1) is 7.08. The molecular formula is C10H10ClF2NO. The molecule has 2 atom stereocenters. The van der Waals surface area contributed by atoms with Crippen molar-refractivity contribution in [2.45, 2.75) is 25.0 Å². The van der Waals surface area contributed by atoms with Crippen LogP contribution < -0.4 is 10.5 Å². The average Bonchev–Trinajstić information content (AvgIpc) is 2.85. The number of benzene rings is 1. The number of hydrogen-bond acceptors (Lipinski definition) is 2. The summed E-state index contributed by atoms with van der Waals surface area (Å²) < 4.78 is 28.6. The quantitative estimate of drug-likeness (QED) is 0.871. The van der Waals surface area contributed by atoms with Gasteiger partial charge in [0.1, 0.15) is 5.75 Å². The maximum atomic E-state index is 12.1. The lowest BCUT2D eigenvalue weighted by Gasteiger charge is -2.10. The Morgan fingerprint density at radius 3 is 2.67 bits per heavy atom. The van der Waals surface area contributed by atoms with Crippen LogP contribution >= 0.6 is 11.6 Å². The fourth-order valence-corrected chi connectivity index (χ4v) is 1.77. The molecule has 15 heavy (non-hydrogen) atoms. The van der Waals surface area contributed by atoms with Crippen LogP contribution in [0.3, 0.4) is 0 Å². The van der Waals surface area contributed by atoms with Crippen LogP contribution in [0, 0.1) is 0 Å². The molecule has 1 aliphatic carbocycles. The highest BCUT2D eigenvalue weighted by Gasteiger charge is 2.37. The highest BCUT2D eigenvalue weighted by atomic mass is 35.5. The van der Waals surface area contributed by atoms with E-state index in [1.807, 2.05) is 0 Å². The maximum Gasteiger partial charge on any atom is 0.387 e. The van der Waals surface area contributed by atoms with Crippen molar-refractivity contribution in [2.75, 3.05) is 0 Å². The van der Waals surface area contributed by atoms with Crippen molar-refractivity contribution in [3.63, 3.8) is 0 Å². The Kier molecular flexibility index (Phi) is 2.80. The normalized spacial score (nSPS) is 24.3. The van der Waals surface area contributed by atoms with Crippen LogP contribution in [0.15, 0.2) is 18.2 Å². The first-order valence-electron chi connectivity index (χ1n) is 4.58. The molecule has 82 valence electrons. The van der Waals surface area contributed by atoms with E-state index in [-0.39, 0.29) is 17.7 Å². The minimum Gasteiger partial charge on any atom is -0.435 e. The molecule has 2 unspecified atom stereocenters. The topological polar surface area (TPSA) is 35.2 Å². The summed E-state index contributed by atoms with van der Waals surface area (Å²) in [6, 6.07) is 4.64. The minimum atomic E-state index is -2.82. The van der Waals surface area contributed by atoms with Gasteiger partial charge >= 0.3 is 6.61 Å². The largest absolute Gasteiger partial charge is 0.435 e. The molecule has 1 aromatic carbocycles. The molecule has 0 heterocycles. The van der Waals surface area contributed by atoms with E-state index in [1.165, 1.54) is 12.1 Å². The molecule has 0 aliphatic heterocycles. The van der Waals surface area contributed by atoms with E-state index in [0.717, 1.165) is 6.42 Å². The van der Waals surface area contributed by atoms with Gasteiger partial charge in [0.15, 0.2) is 0 Å². The van der Waals surface area contributed by atoms with Gasteiger partial charge in [0.2, 0.25) is 0 Å². The zero-order chi connectivity index (χ0) is 11.0. The van der Waals surface area contributed by atoms with Gasteiger partial charge in [0.05, 0.1) is 0 Å². The van der Waals surface area contributed by atoms with E-state index in [1.54, 1.807) is 6.07 Å². The molecule has 0 aromatic heterocycles. The number of alkyl halides is 2. The highest BCUT2D eigenvalue weighted by molar-refractivity contribution is 6.30. The number of hydrogen-bond donors (Lipinski definition) is 1. The zero-order valence-electron chi connectivity index (χ0n) is 7.79. The molecule has 0 bridgehead atoms. The first-order valence-corrected chi connectivity index (χ1v) is 4.95. The van der Waals surface area contributed by atoms with Crippen LogP contribution in [0.2, 0.25) is 5.02 Å². The molecule has 1 aliphatic rings. The van der Waals surface area contributed by atoms with Crippen LogP contribution in [0.25, 0.3) is 0 Å². The summed E-state index contributed by atoms with van der Waals surface area (Å²) in [4.78, 5) is 0. The van der Waals surface area contributed by atoms with Crippen molar-refractivity contribution >= 4 is 11.6 Å². The summed E-state index contributed by atoms with van der Waals surface area (Å²) in [5.41, 5.74) is 6.34. The lowest BCUT2D eigenvalue weighted by molar-refractivity contribution is -0.0504. The van der Waals surface area contributed by atoms with Crippen molar-refractivity contribution in [1.29, 1.82) is 0 Å². The predicted octanol–water partition coefficient (Wildman–Crippen LogP) is 2.76. The van der Waals surface area contributed by atoms with Crippen LogP contribution in [0.4, 0.5) is 8.78 Å². The van der Waals surface area contributed by atoms with Crippen molar-refractivity contribution in [1.82, 2.24) is 0 Å². The average molecular weight is 234 g/mol. The number of ether oxygens (including phenoxy) is 1. The molecule has 0 spiro atoms. The second-order valence-corrected chi connectivity index (χ2v) is 4.00. The molecule has 0 radical (unpaired) electrons. The van der Waals surface area contributed by atoms with Gasteiger partial charge in [-0.15, -0.1) is 0 Å². The van der Waals surface area contributed by atoms with Crippen molar-refractivity contribution in [2.24, 2.45) is 5.73 Å². The Hall–Kier alpha value is -0.870. The third kappa shape index (κ3) is 2.38. The highest BCUT2D eigenvalue weighted by Crippen LogP contribution is 2.44. The second kappa shape index (κ2) is 3.94. The van der Waals surface area contributed by atoms with Crippen LogP contribution in [0.5, 0.6) is 5.75 Å². The summed E-state index contributed by atoms with van der Waals surface area (Å²) in [5, 5.41) is 0.505. The maximum absolute atomic E-state index is 12.1. The summed E-state index contributed by atoms with van der Waals surface area (Å²) in [5.74, 6) is 0.268. The fourth-order valence-electron chi connectivity index (χ4n) is 1.58. The van der Waals surface area contributed by atoms with Gasteiger partial charge in [-0.25, -0.2) is 0 Å². The summed E-state index contributed by atoms with van der Waals surface area (Å²) in [6.07, 6.45) is 0.792. The monoisotopic (exact) mass is 233 g/mol. The number of halogens is 3. The summed E-state index contributed by atoms with van der Waals surface area (Å²) >= 11 is 5.79. The lowest BCUT2D eigenvalue weighted by Crippen LogP contribution is -2.06. The van der Waals surface area contributed by atoms with Crippen LogP contribution in [-0.4, -0.2) is 12.7 Å². The lowest BCUT2D eigenvalue weighted by atomic mass is 10.1. The second-order valence-electron chi connectivity index (χ2n) is 3.57. The van der Waals surface area contributed by atoms with Gasteiger partial charge in [-0.05, 0) is 24.6 Å². The van der Waals surface area contributed by atoms with E-state index in [4.69, 9.17) is 17.3 Å². The SMILES string of the molecule is NC1CC1c1cc(Cl)ccc1OC(F)F. The Bertz CT molecular complexity index is 372. The Morgan fingerprint density at radius 1 is 1.47 bits per heavy atom. The van der Waals surface area contributed by atoms with Gasteiger partial charge in [0, 0.05) is 22.5 Å². The number of nitrogens with two attached hydrogens (primary N) is 1. The van der Waals surface area contributed by atoms with Crippen molar-refractivity contribution < 1.29 is 13.5 Å². The summed E-state index contributed by atoms with van der Waals surface area (Å²) in [7, 11) is 0. The van der Waals surface area contributed by atoms with Crippen molar-refractivity contribution in [3.8, 4) is 5.75 Å². The van der Waals surface area contributed by atoms with Gasteiger partial charge in [-0.2, -0.15) is 8.78 Å². The Morgan fingerprint density at radius 2 is 2.13 bits per heavy atom. The van der Waals surface area contributed by atoms with Gasteiger partial charge in [-0.3, -0.25) is 0 Å². The van der Waals surface area contributed by atoms with E-state index < -0.39 is 6.61 Å². The number of rotatable bonds is 3. The standard InChI is InChI=1S/C10H10ClF2NO/c11-5-1-2-9(15-10(12)13)7(3-5)6-4-8(6)14/h1-3,6,8,10H,4,14H2.